The van der Waals surface area contributed by atoms with E-state index in [4.69, 9.17) is 11.5 Å². The molecule has 0 spiro atoms. The quantitative estimate of drug-likeness (QED) is 0.240. The second-order valence-corrected chi connectivity index (χ2v) is 18.5. The molecule has 0 aliphatic carbocycles. The number of unbranched alkanes of at least 4 members (excludes halogenated alkanes) is 2. The Morgan fingerprint density at radius 1 is 1.14 bits per heavy atom. The molecule has 0 bridgehead atoms. The van der Waals surface area contributed by atoms with Gasteiger partial charge in [0.05, 0.1) is 0 Å². The summed E-state index contributed by atoms with van der Waals surface area (Å²) in [5.41, 5.74) is 10.5. The molecule has 0 saturated carbocycles. The molecule has 1 rings (SSSR count). The molecule has 0 atom stereocenters. The number of hydrogen-bond acceptors (Lipinski definition) is 3. The Kier molecular flexibility index (Phi) is 8.15. The van der Waals surface area contributed by atoms with Gasteiger partial charge in [-0.05, 0) is 0 Å². The van der Waals surface area contributed by atoms with E-state index < -0.39 is 5.05 Å². The number of amides is 1. The zero-order chi connectivity index (χ0) is 15.9. The molecule has 0 aromatic heterocycles. The topological polar surface area (TPSA) is 87.9 Å². The summed E-state index contributed by atoms with van der Waals surface area (Å²) in [6.45, 7) is 9.27. The first kappa shape index (κ1) is 18.9. The van der Waals surface area contributed by atoms with Crippen LogP contribution in [0.1, 0.15) is 25.7 Å². The molecule has 1 fully saturated rings. The SMILES string of the molecule is C[P](C)(=[W])N1CCN(C(=O)CCCCCN=C(N)N)CC1. The standard InChI is InChI=1S/C13H28N5OP.W/c1-20(2)18-10-8-17(9-11-18)12(19)6-4-3-5-7-16-13(14)15;/h3-11H2,1-2H3,(H4,14,15,16);. The van der Waals surface area contributed by atoms with Crippen molar-refractivity contribution in [3.8, 4) is 0 Å². The number of aliphatic imine (C=N–C) groups is 1. The van der Waals surface area contributed by atoms with Crippen LogP contribution < -0.4 is 11.5 Å². The van der Waals surface area contributed by atoms with Crippen molar-refractivity contribution in [3.05, 3.63) is 0 Å². The summed E-state index contributed by atoms with van der Waals surface area (Å²) in [6, 6.07) is 0. The van der Waals surface area contributed by atoms with Gasteiger partial charge in [-0.15, -0.1) is 0 Å². The van der Waals surface area contributed by atoms with Gasteiger partial charge in [0.2, 0.25) is 0 Å². The van der Waals surface area contributed by atoms with Crippen molar-refractivity contribution in [2.75, 3.05) is 46.1 Å². The van der Waals surface area contributed by atoms with E-state index in [-0.39, 0.29) is 5.96 Å². The minimum atomic E-state index is -0.844. The molecule has 1 aliphatic rings. The fourth-order valence-corrected chi connectivity index (χ4v) is 5.26. The summed E-state index contributed by atoms with van der Waals surface area (Å²) >= 11 is 1.69. The van der Waals surface area contributed by atoms with E-state index in [1.807, 2.05) is 4.90 Å². The van der Waals surface area contributed by atoms with Gasteiger partial charge in [0.15, 0.2) is 5.96 Å². The second-order valence-electron chi connectivity index (χ2n) is 5.75. The van der Waals surface area contributed by atoms with Gasteiger partial charge >= 0.3 is 121 Å². The van der Waals surface area contributed by atoms with E-state index in [0.717, 1.165) is 45.4 Å². The number of hydrogen-bond donors (Lipinski definition) is 2. The van der Waals surface area contributed by atoms with Crippen molar-refractivity contribution in [2.24, 2.45) is 16.5 Å². The maximum absolute atomic E-state index is 12.1. The van der Waals surface area contributed by atoms with Crippen LogP contribution >= 0.6 is 5.05 Å². The first-order valence-electron chi connectivity index (χ1n) is 7.44. The number of nitrogens with two attached hydrogens (primary N) is 2. The predicted octanol–water partition coefficient (Wildman–Crippen LogP) is 0.618. The van der Waals surface area contributed by atoms with Crippen molar-refractivity contribution >= 4 is 16.9 Å². The number of rotatable bonds is 7. The maximum atomic E-state index is 12.1. The Bertz CT molecular complexity index is 411. The molecule has 8 heteroatoms. The first-order valence-corrected chi connectivity index (χ1v) is 13.9. The van der Waals surface area contributed by atoms with Gasteiger partial charge in [0, 0.05) is 0 Å². The monoisotopic (exact) mass is 485 g/mol. The normalized spacial score (nSPS) is 16.8. The average Bonchev–Trinajstić information content (AvgIpc) is 2.41. The molecule has 1 heterocycles. The van der Waals surface area contributed by atoms with Crippen molar-refractivity contribution in [1.82, 2.24) is 9.57 Å². The van der Waals surface area contributed by atoms with E-state index in [1.165, 1.54) is 0 Å². The van der Waals surface area contributed by atoms with E-state index in [2.05, 4.69) is 23.0 Å². The Labute approximate surface area is 138 Å². The third-order valence-corrected chi connectivity index (χ3v) is 7.88. The third-order valence-electron chi connectivity index (χ3n) is 3.63. The van der Waals surface area contributed by atoms with Gasteiger partial charge in [-0.3, -0.25) is 0 Å². The molecule has 1 aliphatic heterocycles. The van der Waals surface area contributed by atoms with Crippen molar-refractivity contribution in [1.29, 1.82) is 0 Å². The molecule has 0 radical (unpaired) electrons. The molecule has 1 amide bonds. The van der Waals surface area contributed by atoms with Crippen LogP contribution in [-0.2, 0) is 23.6 Å². The van der Waals surface area contributed by atoms with Crippen LogP contribution in [0.25, 0.3) is 0 Å². The van der Waals surface area contributed by atoms with Gasteiger partial charge in [-0.1, -0.05) is 0 Å². The van der Waals surface area contributed by atoms with E-state index >= 15 is 0 Å². The third kappa shape index (κ3) is 7.58. The van der Waals surface area contributed by atoms with Gasteiger partial charge in [0.25, 0.3) is 0 Å². The number of carbonyl (C=O) groups is 1. The molecule has 0 aromatic carbocycles. The van der Waals surface area contributed by atoms with Crippen LogP contribution in [0.4, 0.5) is 0 Å². The molecule has 1 saturated heterocycles. The fourth-order valence-electron chi connectivity index (χ4n) is 2.36. The number of nitrogens with zero attached hydrogens (tertiary/aromatic N) is 3. The average molecular weight is 485 g/mol. The van der Waals surface area contributed by atoms with E-state index in [0.29, 0.717) is 18.9 Å². The number of piperazine rings is 1. The zero-order valence-electron chi connectivity index (χ0n) is 13.1. The van der Waals surface area contributed by atoms with Crippen LogP contribution in [-0.4, -0.2) is 67.5 Å². The van der Waals surface area contributed by atoms with Gasteiger partial charge in [0.1, 0.15) is 0 Å². The fraction of sp³-hybridized carbons (Fsp3) is 0.846. The van der Waals surface area contributed by atoms with Crippen LogP contribution in [0.2, 0.25) is 0 Å². The van der Waals surface area contributed by atoms with Crippen LogP contribution in [0, 0.1) is 0 Å². The first-order chi connectivity index (χ1) is 9.80. The summed E-state index contributed by atoms with van der Waals surface area (Å²) in [5.74, 6) is 0.448. The molecular formula is C13H28N5OPW. The Hall–Kier alpha value is -0.182. The van der Waals surface area contributed by atoms with E-state index in [9.17, 15) is 4.79 Å². The molecule has 0 aromatic rings. The minimum absolute atomic E-state index is 0.146. The zero-order valence-corrected chi connectivity index (χ0v) is 17.0. The summed E-state index contributed by atoms with van der Waals surface area (Å²) in [5, 5.41) is -0.844. The van der Waals surface area contributed by atoms with Gasteiger partial charge in [-0.25, -0.2) is 0 Å². The predicted molar refractivity (Wildman–Crippen MR) is 86.1 cm³/mol. The van der Waals surface area contributed by atoms with Crippen LogP contribution in [0.3, 0.4) is 0 Å². The van der Waals surface area contributed by atoms with Crippen molar-refractivity contribution in [3.63, 3.8) is 0 Å². The molecule has 0 unspecified atom stereocenters. The summed E-state index contributed by atoms with van der Waals surface area (Å²) in [7, 11) is 0. The summed E-state index contributed by atoms with van der Waals surface area (Å²) < 4.78 is 2.58. The Balaban J connectivity index is 2.17. The molecule has 4 N–H and O–H groups in total. The second kappa shape index (κ2) is 9.07. The molecular weight excluding hydrogens is 457 g/mol. The summed E-state index contributed by atoms with van der Waals surface area (Å²) in [6.07, 6.45) is 3.52. The molecule has 21 heavy (non-hydrogen) atoms. The Morgan fingerprint density at radius 3 is 2.29 bits per heavy atom. The molecule has 6 nitrogen and oxygen atoms in total. The van der Waals surface area contributed by atoms with Crippen molar-refractivity contribution < 1.29 is 23.6 Å². The Morgan fingerprint density at radius 2 is 1.76 bits per heavy atom. The van der Waals surface area contributed by atoms with Crippen LogP contribution in [0.15, 0.2) is 4.99 Å². The summed E-state index contributed by atoms with van der Waals surface area (Å²) in [4.78, 5) is 18.1. The van der Waals surface area contributed by atoms with Gasteiger partial charge < -0.3 is 11.5 Å². The number of carbonyl (C=O) groups excluding carboxylic acids is 1. The number of guanidine groups is 1. The van der Waals surface area contributed by atoms with Gasteiger partial charge in [-0.2, -0.15) is 0 Å². The molecule has 122 valence electrons. The van der Waals surface area contributed by atoms with Crippen LogP contribution in [0.5, 0.6) is 0 Å². The van der Waals surface area contributed by atoms with Crippen molar-refractivity contribution in [2.45, 2.75) is 25.7 Å². The van der Waals surface area contributed by atoms with E-state index in [1.54, 1.807) is 18.8 Å².